The lowest BCUT2D eigenvalue weighted by molar-refractivity contribution is 0.156. The number of rotatable bonds is 7. The minimum atomic E-state index is -2.91. The second kappa shape index (κ2) is 8.47. The monoisotopic (exact) mass is 476 g/mol. The molecule has 1 fully saturated rings. The Hall–Kier alpha value is -0.810. The molecule has 2 aromatic rings. The predicted molar refractivity (Wildman–Crippen MR) is 112 cm³/mol. The summed E-state index contributed by atoms with van der Waals surface area (Å²) < 4.78 is 27.1. The van der Waals surface area contributed by atoms with E-state index in [4.69, 9.17) is 12.2 Å². The van der Waals surface area contributed by atoms with Crippen LogP contribution in [0.3, 0.4) is 0 Å². The van der Waals surface area contributed by atoms with Crippen molar-refractivity contribution in [3.8, 4) is 0 Å². The zero-order chi connectivity index (χ0) is 18.7. The van der Waals surface area contributed by atoms with Crippen LogP contribution in [0, 0.1) is 3.95 Å². The molecule has 1 N–H and O–H groups in total. The molecule has 10 heteroatoms. The molecule has 2 heterocycles. The third-order valence-electron chi connectivity index (χ3n) is 4.23. The van der Waals surface area contributed by atoms with Crippen LogP contribution in [0.1, 0.15) is 19.8 Å². The Bertz CT molecular complexity index is 926. The molecule has 6 nitrogen and oxygen atoms in total. The molecular weight excluding hydrogens is 456 g/mol. The summed E-state index contributed by atoms with van der Waals surface area (Å²) in [6.45, 7) is 3.44. The van der Waals surface area contributed by atoms with E-state index in [1.165, 1.54) is 11.3 Å². The Balaban J connectivity index is 1.74. The number of halogens is 1. The van der Waals surface area contributed by atoms with Crippen LogP contribution in [-0.2, 0) is 16.5 Å². The van der Waals surface area contributed by atoms with Crippen molar-refractivity contribution < 1.29 is 8.42 Å². The molecule has 0 saturated carbocycles. The largest absolute Gasteiger partial charge is 0.330 e. The highest BCUT2D eigenvalue weighted by molar-refractivity contribution is 9.10. The van der Waals surface area contributed by atoms with Crippen LogP contribution >= 0.6 is 39.5 Å². The molecule has 0 amide bonds. The SMILES string of the molecule is CCCN(Cn1nc(Nc2cccc(Br)c2)sc1=S)[C@H]1CCS(=O)(=O)C1. The van der Waals surface area contributed by atoms with E-state index < -0.39 is 9.84 Å². The minimum absolute atomic E-state index is 0.0463. The maximum Gasteiger partial charge on any atom is 0.209 e. The number of hydrogen-bond donors (Lipinski definition) is 1. The first kappa shape index (κ1) is 19.9. The number of sulfone groups is 1. The van der Waals surface area contributed by atoms with Gasteiger partial charge in [-0.2, -0.15) is 0 Å². The molecule has 142 valence electrons. The van der Waals surface area contributed by atoms with E-state index >= 15 is 0 Å². The normalized spacial score (nSPS) is 19.1. The van der Waals surface area contributed by atoms with E-state index in [9.17, 15) is 8.42 Å². The van der Waals surface area contributed by atoms with Crippen molar-refractivity contribution in [2.45, 2.75) is 32.5 Å². The molecule has 0 radical (unpaired) electrons. The van der Waals surface area contributed by atoms with E-state index in [-0.39, 0.29) is 17.5 Å². The average Bonchev–Trinajstić information content (AvgIpc) is 3.09. The van der Waals surface area contributed by atoms with Crippen LogP contribution in [0.5, 0.6) is 0 Å². The minimum Gasteiger partial charge on any atom is -0.330 e. The van der Waals surface area contributed by atoms with Gasteiger partial charge in [0.05, 0.1) is 18.2 Å². The zero-order valence-corrected chi connectivity index (χ0v) is 18.4. The summed E-state index contributed by atoms with van der Waals surface area (Å²) >= 11 is 10.3. The Morgan fingerprint density at radius 3 is 2.96 bits per heavy atom. The van der Waals surface area contributed by atoms with Gasteiger partial charge in [-0.3, -0.25) is 4.90 Å². The van der Waals surface area contributed by atoms with Crippen LogP contribution in [0.4, 0.5) is 10.8 Å². The molecule has 1 aromatic heterocycles. The van der Waals surface area contributed by atoms with E-state index in [1.54, 1.807) is 4.68 Å². The molecular formula is C16H21BrN4O2S3. The first-order valence-corrected chi connectivity index (χ1v) is 12.3. The number of anilines is 2. The topological polar surface area (TPSA) is 67.2 Å². The molecule has 3 rings (SSSR count). The quantitative estimate of drug-likeness (QED) is 0.608. The molecule has 0 bridgehead atoms. The zero-order valence-electron chi connectivity index (χ0n) is 14.4. The summed E-state index contributed by atoms with van der Waals surface area (Å²) in [5, 5.41) is 8.57. The Kier molecular flexibility index (Phi) is 6.50. The third-order valence-corrected chi connectivity index (χ3v) is 7.70. The summed E-state index contributed by atoms with van der Waals surface area (Å²) in [4.78, 5) is 2.18. The molecule has 0 aliphatic carbocycles. The fourth-order valence-corrected chi connectivity index (χ4v) is 6.20. The van der Waals surface area contributed by atoms with Crippen LogP contribution in [-0.4, -0.2) is 47.2 Å². The summed E-state index contributed by atoms with van der Waals surface area (Å²) in [6.07, 6.45) is 1.64. The van der Waals surface area contributed by atoms with Crippen molar-refractivity contribution in [3.05, 3.63) is 32.7 Å². The van der Waals surface area contributed by atoms with E-state index in [1.807, 2.05) is 24.3 Å². The van der Waals surface area contributed by atoms with Gasteiger partial charge in [0, 0.05) is 16.2 Å². The lowest BCUT2D eigenvalue weighted by Gasteiger charge is -2.27. The highest BCUT2D eigenvalue weighted by Crippen LogP contribution is 2.24. The standard InChI is InChI=1S/C16H21BrN4O2S3/c1-2-7-20(14-6-8-26(22,23)10-14)11-21-16(24)25-15(19-21)18-13-5-3-4-12(17)9-13/h3-5,9,14H,2,6-8,10-11H2,1H3,(H,18,19)/t14-/m0/s1. The van der Waals surface area contributed by atoms with Gasteiger partial charge in [-0.1, -0.05) is 40.3 Å². The second-order valence-electron chi connectivity index (χ2n) is 6.32. The van der Waals surface area contributed by atoms with Gasteiger partial charge < -0.3 is 5.32 Å². The summed E-state index contributed by atoms with van der Waals surface area (Å²) in [5.74, 6) is 0.504. The van der Waals surface area contributed by atoms with Crippen LogP contribution in [0.25, 0.3) is 0 Å². The van der Waals surface area contributed by atoms with Crippen molar-refractivity contribution in [1.82, 2.24) is 14.7 Å². The molecule has 26 heavy (non-hydrogen) atoms. The van der Waals surface area contributed by atoms with Crippen molar-refractivity contribution >= 4 is 60.1 Å². The van der Waals surface area contributed by atoms with Crippen LogP contribution in [0.2, 0.25) is 0 Å². The number of hydrogen-bond acceptors (Lipinski definition) is 7. The average molecular weight is 477 g/mol. The molecule has 1 saturated heterocycles. The van der Waals surface area contributed by atoms with Crippen molar-refractivity contribution in [1.29, 1.82) is 0 Å². The van der Waals surface area contributed by atoms with Gasteiger partial charge in [-0.15, -0.1) is 5.10 Å². The van der Waals surface area contributed by atoms with Gasteiger partial charge in [0.2, 0.25) is 5.13 Å². The summed E-state index contributed by atoms with van der Waals surface area (Å²) in [5.41, 5.74) is 0.933. The van der Waals surface area contributed by atoms with Gasteiger partial charge in [-0.25, -0.2) is 13.1 Å². The van der Waals surface area contributed by atoms with Crippen molar-refractivity contribution in [2.75, 3.05) is 23.4 Å². The maximum atomic E-state index is 11.8. The van der Waals surface area contributed by atoms with Crippen molar-refractivity contribution in [2.24, 2.45) is 0 Å². The predicted octanol–water partition coefficient (Wildman–Crippen LogP) is 4.04. The highest BCUT2D eigenvalue weighted by atomic mass is 79.9. The number of benzene rings is 1. The van der Waals surface area contributed by atoms with Crippen LogP contribution in [0.15, 0.2) is 28.7 Å². The number of nitrogens with zero attached hydrogens (tertiary/aromatic N) is 3. The van der Waals surface area contributed by atoms with Gasteiger partial charge in [0.15, 0.2) is 13.8 Å². The molecule has 0 spiro atoms. The number of nitrogens with one attached hydrogen (secondary N) is 1. The summed E-state index contributed by atoms with van der Waals surface area (Å²) in [7, 11) is -2.91. The first-order chi connectivity index (χ1) is 12.4. The summed E-state index contributed by atoms with van der Waals surface area (Å²) in [6, 6.07) is 7.90. The molecule has 0 unspecified atom stereocenters. The second-order valence-corrected chi connectivity index (χ2v) is 11.1. The van der Waals surface area contributed by atoms with E-state index in [0.717, 1.165) is 28.3 Å². The lowest BCUT2D eigenvalue weighted by atomic mass is 10.2. The fourth-order valence-electron chi connectivity index (χ4n) is 3.03. The van der Waals surface area contributed by atoms with Gasteiger partial charge in [0.25, 0.3) is 0 Å². The fraction of sp³-hybridized carbons (Fsp3) is 0.500. The van der Waals surface area contributed by atoms with Crippen LogP contribution < -0.4 is 5.32 Å². The van der Waals surface area contributed by atoms with E-state index in [0.29, 0.717) is 17.0 Å². The number of aromatic nitrogens is 2. The smallest absolute Gasteiger partial charge is 0.209 e. The Morgan fingerprint density at radius 1 is 1.50 bits per heavy atom. The first-order valence-electron chi connectivity index (χ1n) is 8.41. The Morgan fingerprint density at radius 2 is 2.31 bits per heavy atom. The molecule has 1 atom stereocenters. The van der Waals surface area contributed by atoms with Gasteiger partial charge >= 0.3 is 0 Å². The lowest BCUT2D eigenvalue weighted by Crippen LogP contribution is -2.38. The third kappa shape index (κ3) is 5.13. The molecule has 1 aliphatic rings. The Labute approximate surface area is 171 Å². The maximum absolute atomic E-state index is 11.8. The van der Waals surface area contributed by atoms with Crippen molar-refractivity contribution in [3.63, 3.8) is 0 Å². The molecule has 1 aromatic carbocycles. The molecule has 1 aliphatic heterocycles. The van der Waals surface area contributed by atoms with Gasteiger partial charge in [-0.05, 0) is 49.8 Å². The highest BCUT2D eigenvalue weighted by Gasteiger charge is 2.32. The van der Waals surface area contributed by atoms with Gasteiger partial charge in [0.1, 0.15) is 0 Å². The van der Waals surface area contributed by atoms with E-state index in [2.05, 4.69) is 38.2 Å².